The molecule has 3 N–H and O–H groups in total. The molecule has 10 heteroatoms. The first-order valence-corrected chi connectivity index (χ1v) is 8.71. The number of nitrogen functional groups attached to an aromatic ring is 1. The fourth-order valence-electron chi connectivity index (χ4n) is 2.12. The summed E-state index contributed by atoms with van der Waals surface area (Å²) in [5.74, 6) is 0.254. The van der Waals surface area contributed by atoms with Gasteiger partial charge in [-0.05, 0) is 35.0 Å². The molecule has 0 unspecified atom stereocenters. The average Bonchev–Trinajstić information content (AvgIpc) is 3.07. The summed E-state index contributed by atoms with van der Waals surface area (Å²) in [6.07, 6.45) is 1.51. The van der Waals surface area contributed by atoms with Crippen molar-refractivity contribution in [3.8, 4) is 5.75 Å². The number of carbonyl (C=O) groups is 1. The molecule has 2 aromatic carbocycles. The fourth-order valence-corrected chi connectivity index (χ4v) is 2.38. The molecule has 27 heavy (non-hydrogen) atoms. The molecule has 3 aromatic rings. The highest BCUT2D eigenvalue weighted by Gasteiger charge is 2.05. The van der Waals surface area contributed by atoms with Crippen LogP contribution in [0.25, 0.3) is 0 Å². The van der Waals surface area contributed by atoms with Gasteiger partial charge in [-0.25, -0.2) is 5.43 Å². The highest BCUT2D eigenvalue weighted by atomic mass is 79.9. The van der Waals surface area contributed by atoms with E-state index in [4.69, 9.17) is 10.5 Å². The number of carbonyl (C=O) groups excluding carboxylic acids is 1. The van der Waals surface area contributed by atoms with E-state index in [1.807, 2.05) is 48.5 Å². The van der Waals surface area contributed by atoms with E-state index in [2.05, 4.69) is 41.9 Å². The van der Waals surface area contributed by atoms with Crippen molar-refractivity contribution in [2.45, 2.75) is 13.2 Å². The van der Waals surface area contributed by atoms with E-state index in [-0.39, 0.29) is 12.5 Å². The minimum absolute atomic E-state index is 0.00292. The molecule has 0 aliphatic rings. The van der Waals surface area contributed by atoms with E-state index < -0.39 is 5.91 Å². The van der Waals surface area contributed by atoms with Crippen molar-refractivity contribution >= 4 is 34.0 Å². The van der Waals surface area contributed by atoms with E-state index >= 15 is 0 Å². The molecular weight excluding hydrogens is 414 g/mol. The highest BCUT2D eigenvalue weighted by Crippen LogP contribution is 2.18. The number of nitrogens with zero attached hydrogens (tertiary/aromatic N) is 5. The second-order valence-electron chi connectivity index (χ2n) is 5.42. The zero-order chi connectivity index (χ0) is 19.1. The smallest absolute Gasteiger partial charge is 0.263 e. The molecule has 1 amide bonds. The number of nitrogens with two attached hydrogens (primary N) is 1. The summed E-state index contributed by atoms with van der Waals surface area (Å²) in [6, 6.07) is 15.3. The number of para-hydroxylation sites is 1. The lowest BCUT2D eigenvalue weighted by molar-refractivity contribution is -0.122. The maximum atomic E-state index is 11.8. The van der Waals surface area contributed by atoms with E-state index in [0.29, 0.717) is 12.4 Å². The number of tetrazole rings is 1. The third kappa shape index (κ3) is 5.61. The standard InChI is InChI=1S/C17H16BrN7O2/c18-14-7-5-12(6-8-14)11-27-15-4-2-1-3-13(15)9-20-21-16(26)10-25-23-17(19)22-24-25/h1-9H,10-11H2,(H2,19,23)(H,21,26)/b20-9-. The maximum absolute atomic E-state index is 11.8. The van der Waals surface area contributed by atoms with Gasteiger partial charge in [-0.15, -0.1) is 5.10 Å². The van der Waals surface area contributed by atoms with Crippen LogP contribution in [-0.4, -0.2) is 32.3 Å². The number of hydrogen-bond acceptors (Lipinski definition) is 7. The molecule has 138 valence electrons. The zero-order valence-electron chi connectivity index (χ0n) is 14.1. The molecule has 0 atom stereocenters. The van der Waals surface area contributed by atoms with Crippen LogP contribution < -0.4 is 15.9 Å². The Labute approximate surface area is 163 Å². The molecule has 0 aliphatic carbocycles. The Morgan fingerprint density at radius 1 is 1.26 bits per heavy atom. The third-order valence-corrected chi connectivity index (χ3v) is 3.90. The zero-order valence-corrected chi connectivity index (χ0v) is 15.7. The van der Waals surface area contributed by atoms with Gasteiger partial charge in [-0.2, -0.15) is 9.90 Å². The first kappa shape index (κ1) is 18.5. The van der Waals surface area contributed by atoms with Crippen LogP contribution in [0.4, 0.5) is 5.95 Å². The predicted octanol–water partition coefficient (Wildman–Crippen LogP) is 1.75. The van der Waals surface area contributed by atoms with Gasteiger partial charge in [0.25, 0.3) is 11.9 Å². The van der Waals surface area contributed by atoms with Gasteiger partial charge in [0.15, 0.2) is 0 Å². The maximum Gasteiger partial charge on any atom is 0.263 e. The first-order chi connectivity index (χ1) is 13.1. The number of benzene rings is 2. The normalized spacial score (nSPS) is 10.9. The minimum Gasteiger partial charge on any atom is -0.488 e. The van der Waals surface area contributed by atoms with Crippen LogP contribution in [-0.2, 0) is 17.9 Å². The van der Waals surface area contributed by atoms with E-state index in [1.165, 1.54) is 6.21 Å². The second-order valence-corrected chi connectivity index (χ2v) is 6.34. The van der Waals surface area contributed by atoms with Crippen molar-refractivity contribution in [1.82, 2.24) is 25.6 Å². The van der Waals surface area contributed by atoms with Crippen molar-refractivity contribution in [2.24, 2.45) is 5.10 Å². The number of nitrogens with one attached hydrogen (secondary N) is 1. The summed E-state index contributed by atoms with van der Waals surface area (Å²) in [5, 5.41) is 14.8. The number of rotatable bonds is 7. The molecule has 0 bridgehead atoms. The monoisotopic (exact) mass is 429 g/mol. The van der Waals surface area contributed by atoms with Crippen molar-refractivity contribution < 1.29 is 9.53 Å². The largest absolute Gasteiger partial charge is 0.488 e. The summed E-state index contributed by atoms with van der Waals surface area (Å²) >= 11 is 3.40. The molecule has 3 rings (SSSR count). The Morgan fingerprint density at radius 3 is 2.78 bits per heavy atom. The van der Waals surface area contributed by atoms with Crippen LogP contribution >= 0.6 is 15.9 Å². The quantitative estimate of drug-likeness (QED) is 0.435. The number of anilines is 1. The molecule has 0 radical (unpaired) electrons. The minimum atomic E-state index is -0.406. The summed E-state index contributed by atoms with van der Waals surface area (Å²) in [7, 11) is 0. The highest BCUT2D eigenvalue weighted by molar-refractivity contribution is 9.10. The van der Waals surface area contributed by atoms with Gasteiger partial charge >= 0.3 is 0 Å². The van der Waals surface area contributed by atoms with Crippen LogP contribution in [0, 0.1) is 0 Å². The fraction of sp³-hybridized carbons (Fsp3) is 0.118. The molecule has 9 nitrogen and oxygen atoms in total. The van der Waals surface area contributed by atoms with Gasteiger partial charge < -0.3 is 10.5 Å². The molecule has 0 saturated carbocycles. The number of hydrazone groups is 1. The average molecular weight is 430 g/mol. The lowest BCUT2D eigenvalue weighted by atomic mass is 10.2. The number of ether oxygens (including phenoxy) is 1. The van der Waals surface area contributed by atoms with Gasteiger partial charge in [0.2, 0.25) is 0 Å². The van der Waals surface area contributed by atoms with Gasteiger partial charge in [0.1, 0.15) is 18.9 Å². The molecule has 1 heterocycles. The van der Waals surface area contributed by atoms with Crippen molar-refractivity contribution in [2.75, 3.05) is 5.73 Å². The molecule has 0 aliphatic heterocycles. The predicted molar refractivity (Wildman–Crippen MR) is 103 cm³/mol. The van der Waals surface area contributed by atoms with Crippen LogP contribution in [0.1, 0.15) is 11.1 Å². The summed E-state index contributed by atoms with van der Waals surface area (Å²) < 4.78 is 6.87. The van der Waals surface area contributed by atoms with E-state index in [9.17, 15) is 4.79 Å². The lowest BCUT2D eigenvalue weighted by Gasteiger charge is -2.09. The van der Waals surface area contributed by atoms with E-state index in [0.717, 1.165) is 20.4 Å². The summed E-state index contributed by atoms with van der Waals surface area (Å²) in [4.78, 5) is 12.9. The van der Waals surface area contributed by atoms with Gasteiger partial charge in [0, 0.05) is 10.0 Å². The van der Waals surface area contributed by atoms with Crippen molar-refractivity contribution in [1.29, 1.82) is 0 Å². The molecule has 0 spiro atoms. The molecule has 0 saturated heterocycles. The molecule has 1 aromatic heterocycles. The Kier molecular flexibility index (Phi) is 6.10. The van der Waals surface area contributed by atoms with Crippen LogP contribution in [0.5, 0.6) is 5.75 Å². The first-order valence-electron chi connectivity index (χ1n) is 7.91. The van der Waals surface area contributed by atoms with Crippen LogP contribution in [0.3, 0.4) is 0 Å². The topological polar surface area (TPSA) is 120 Å². The Morgan fingerprint density at radius 2 is 2.04 bits per heavy atom. The second kappa shape index (κ2) is 8.90. The van der Waals surface area contributed by atoms with Crippen LogP contribution in [0.2, 0.25) is 0 Å². The Hall–Kier alpha value is -3.27. The van der Waals surface area contributed by atoms with Gasteiger partial charge in [-0.3, -0.25) is 4.79 Å². The van der Waals surface area contributed by atoms with Crippen molar-refractivity contribution in [3.05, 3.63) is 64.1 Å². The third-order valence-electron chi connectivity index (χ3n) is 3.37. The SMILES string of the molecule is Nc1nnn(CC(=O)N/N=C\c2ccccc2OCc2ccc(Br)cc2)n1. The summed E-state index contributed by atoms with van der Waals surface area (Å²) in [6.45, 7) is 0.285. The number of hydrogen-bond donors (Lipinski definition) is 2. The number of amides is 1. The Bertz CT molecular complexity index is 940. The molecule has 0 fully saturated rings. The van der Waals surface area contributed by atoms with E-state index in [1.54, 1.807) is 0 Å². The van der Waals surface area contributed by atoms with Gasteiger partial charge in [0.05, 0.1) is 6.21 Å². The Balaban J connectivity index is 1.57. The van der Waals surface area contributed by atoms with Crippen LogP contribution in [0.15, 0.2) is 58.1 Å². The number of aromatic nitrogens is 4. The molecular formula is C17H16BrN7O2. The summed E-state index contributed by atoms with van der Waals surface area (Å²) in [5.41, 5.74) is 9.51. The van der Waals surface area contributed by atoms with Crippen molar-refractivity contribution in [3.63, 3.8) is 0 Å². The van der Waals surface area contributed by atoms with Gasteiger partial charge in [-0.1, -0.05) is 45.3 Å². The number of halogens is 1. The lowest BCUT2D eigenvalue weighted by Crippen LogP contribution is -2.24.